The van der Waals surface area contributed by atoms with E-state index in [2.05, 4.69) is 15.1 Å². The first-order valence-corrected chi connectivity index (χ1v) is 9.14. The van der Waals surface area contributed by atoms with Crippen LogP contribution in [0.5, 0.6) is 0 Å². The Morgan fingerprint density at radius 3 is 2.28 bits per heavy atom. The summed E-state index contributed by atoms with van der Waals surface area (Å²) in [4.78, 5) is 49.3. The van der Waals surface area contributed by atoms with Gasteiger partial charge in [0, 0.05) is 44.0 Å². The highest BCUT2D eigenvalue weighted by molar-refractivity contribution is 6.04. The summed E-state index contributed by atoms with van der Waals surface area (Å²) in [7, 11) is 0. The summed E-state index contributed by atoms with van der Waals surface area (Å²) < 4.78 is 1.01. The van der Waals surface area contributed by atoms with Crippen LogP contribution in [0.1, 0.15) is 10.5 Å². The summed E-state index contributed by atoms with van der Waals surface area (Å²) in [6, 6.07) is 8.33. The van der Waals surface area contributed by atoms with E-state index in [0.29, 0.717) is 42.9 Å². The predicted molar refractivity (Wildman–Crippen MR) is 105 cm³/mol. The summed E-state index contributed by atoms with van der Waals surface area (Å²) in [5, 5.41) is 4.73. The van der Waals surface area contributed by atoms with Crippen LogP contribution in [0.4, 0.5) is 5.95 Å². The monoisotopic (exact) mass is 393 g/mol. The number of hydrogen-bond acceptors (Lipinski definition) is 7. The minimum Gasteiger partial charge on any atom is -0.364 e. The van der Waals surface area contributed by atoms with E-state index in [1.807, 2.05) is 4.90 Å². The van der Waals surface area contributed by atoms with Gasteiger partial charge in [0.2, 0.25) is 11.9 Å². The van der Waals surface area contributed by atoms with Crippen LogP contribution in [0.15, 0.2) is 47.5 Å². The van der Waals surface area contributed by atoms with Crippen LogP contribution in [-0.4, -0.2) is 62.6 Å². The van der Waals surface area contributed by atoms with Crippen LogP contribution in [0.25, 0.3) is 10.8 Å². The Bertz CT molecular complexity index is 1120. The van der Waals surface area contributed by atoms with Crippen molar-refractivity contribution in [1.82, 2.24) is 24.6 Å². The van der Waals surface area contributed by atoms with E-state index in [0.717, 1.165) is 4.68 Å². The van der Waals surface area contributed by atoms with Crippen LogP contribution in [-0.2, 0) is 11.3 Å². The fraction of sp³-hybridized carbons (Fsp3) is 0.263. The number of aromatic nitrogens is 4. The third-order valence-corrected chi connectivity index (χ3v) is 4.85. The van der Waals surface area contributed by atoms with E-state index < -0.39 is 11.5 Å². The number of fused-ring (bicyclic) bond motifs is 1. The van der Waals surface area contributed by atoms with Gasteiger partial charge in [-0.15, -0.1) is 0 Å². The lowest BCUT2D eigenvalue weighted by Gasteiger charge is -2.34. The zero-order valence-corrected chi connectivity index (χ0v) is 15.6. The second kappa shape index (κ2) is 7.66. The molecular weight excluding hydrogens is 374 g/mol. The van der Waals surface area contributed by atoms with Crippen LogP contribution in [0.2, 0.25) is 0 Å². The predicted octanol–water partition coefficient (Wildman–Crippen LogP) is -0.366. The zero-order valence-electron chi connectivity index (χ0n) is 15.6. The summed E-state index contributed by atoms with van der Waals surface area (Å²) in [5.74, 6) is -0.379. The fourth-order valence-electron chi connectivity index (χ4n) is 3.36. The van der Waals surface area contributed by atoms with E-state index in [4.69, 9.17) is 5.73 Å². The molecular formula is C19H19N7O3. The maximum atomic E-state index is 12.7. The molecule has 0 spiro atoms. The number of primary amides is 1. The van der Waals surface area contributed by atoms with Crippen molar-refractivity contribution in [1.29, 1.82) is 0 Å². The lowest BCUT2D eigenvalue weighted by Crippen LogP contribution is -2.50. The average Bonchev–Trinajstić information content (AvgIpc) is 2.76. The molecule has 29 heavy (non-hydrogen) atoms. The van der Waals surface area contributed by atoms with E-state index in [1.165, 1.54) is 0 Å². The number of anilines is 1. The highest BCUT2D eigenvalue weighted by Gasteiger charge is 2.24. The average molecular weight is 393 g/mol. The molecule has 1 aliphatic heterocycles. The van der Waals surface area contributed by atoms with Crippen LogP contribution < -0.4 is 16.2 Å². The standard InChI is InChI=1S/C19H19N7O3/c20-17(28)16-13-4-1-2-5-14(13)18(29)26(23-16)12-15(27)24-8-10-25(11-9-24)19-21-6-3-7-22-19/h1-7H,8-12H2,(H2,20,28). The number of carbonyl (C=O) groups is 2. The Morgan fingerprint density at radius 2 is 1.62 bits per heavy atom. The van der Waals surface area contributed by atoms with E-state index in [1.54, 1.807) is 47.6 Å². The number of carbonyl (C=O) groups excluding carboxylic acids is 2. The molecule has 1 aliphatic rings. The molecule has 2 amide bonds. The highest BCUT2D eigenvalue weighted by Crippen LogP contribution is 2.13. The molecule has 1 fully saturated rings. The SMILES string of the molecule is NC(=O)c1nn(CC(=O)N2CCN(c3ncccn3)CC2)c(=O)c2ccccc12. The van der Waals surface area contributed by atoms with E-state index in [-0.39, 0.29) is 18.1 Å². The molecule has 10 nitrogen and oxygen atoms in total. The van der Waals surface area contributed by atoms with Crippen molar-refractivity contribution in [2.24, 2.45) is 5.73 Å². The van der Waals surface area contributed by atoms with Gasteiger partial charge >= 0.3 is 0 Å². The fourth-order valence-corrected chi connectivity index (χ4v) is 3.36. The number of hydrogen-bond donors (Lipinski definition) is 1. The molecule has 0 unspecified atom stereocenters. The maximum Gasteiger partial charge on any atom is 0.275 e. The Morgan fingerprint density at radius 1 is 0.966 bits per heavy atom. The van der Waals surface area contributed by atoms with Gasteiger partial charge in [0.25, 0.3) is 11.5 Å². The van der Waals surface area contributed by atoms with Crippen LogP contribution >= 0.6 is 0 Å². The molecule has 1 saturated heterocycles. The third kappa shape index (κ3) is 3.64. The summed E-state index contributed by atoms with van der Waals surface area (Å²) >= 11 is 0. The molecule has 0 atom stereocenters. The smallest absolute Gasteiger partial charge is 0.275 e. The number of nitrogens with two attached hydrogens (primary N) is 1. The van der Waals surface area contributed by atoms with Crippen molar-refractivity contribution >= 4 is 28.5 Å². The number of piperazine rings is 1. The van der Waals surface area contributed by atoms with Crippen molar-refractivity contribution in [2.75, 3.05) is 31.1 Å². The second-order valence-electron chi connectivity index (χ2n) is 6.64. The molecule has 1 aromatic carbocycles. The highest BCUT2D eigenvalue weighted by atomic mass is 16.2. The first-order valence-electron chi connectivity index (χ1n) is 9.14. The Balaban J connectivity index is 1.52. The normalized spacial score (nSPS) is 14.2. The van der Waals surface area contributed by atoms with Crippen molar-refractivity contribution in [3.8, 4) is 0 Å². The van der Waals surface area contributed by atoms with Gasteiger partial charge < -0.3 is 15.5 Å². The Labute approximate surface area is 165 Å². The first-order chi connectivity index (χ1) is 14.0. The topological polar surface area (TPSA) is 127 Å². The van der Waals surface area contributed by atoms with Crippen LogP contribution in [0, 0.1) is 0 Å². The summed E-state index contributed by atoms with van der Waals surface area (Å²) in [6.07, 6.45) is 3.35. The van der Waals surface area contributed by atoms with Crippen LogP contribution in [0.3, 0.4) is 0 Å². The molecule has 2 aromatic heterocycles. The van der Waals surface area contributed by atoms with E-state index >= 15 is 0 Å². The molecule has 0 radical (unpaired) electrons. The van der Waals surface area contributed by atoms with Crippen molar-refractivity contribution in [3.05, 3.63) is 58.8 Å². The van der Waals surface area contributed by atoms with Gasteiger partial charge in [0.05, 0.1) is 5.39 Å². The summed E-state index contributed by atoms with van der Waals surface area (Å²) in [5.41, 5.74) is 4.95. The summed E-state index contributed by atoms with van der Waals surface area (Å²) in [6.45, 7) is 1.86. The van der Waals surface area contributed by atoms with Crippen molar-refractivity contribution in [3.63, 3.8) is 0 Å². The van der Waals surface area contributed by atoms with Gasteiger partial charge in [-0.2, -0.15) is 5.10 Å². The molecule has 3 heterocycles. The Hall–Kier alpha value is -3.82. The van der Waals surface area contributed by atoms with Crippen molar-refractivity contribution < 1.29 is 9.59 Å². The van der Waals surface area contributed by atoms with Crippen molar-refractivity contribution in [2.45, 2.75) is 6.54 Å². The molecule has 0 aliphatic carbocycles. The molecule has 10 heteroatoms. The lowest BCUT2D eigenvalue weighted by molar-refractivity contribution is -0.132. The molecule has 0 saturated carbocycles. The minimum absolute atomic E-state index is 0.0287. The molecule has 0 bridgehead atoms. The zero-order chi connectivity index (χ0) is 20.4. The first kappa shape index (κ1) is 18.5. The number of rotatable bonds is 4. The third-order valence-electron chi connectivity index (χ3n) is 4.85. The number of nitrogens with zero attached hydrogens (tertiary/aromatic N) is 6. The second-order valence-corrected chi connectivity index (χ2v) is 6.64. The number of benzene rings is 1. The minimum atomic E-state index is -0.751. The van der Waals surface area contributed by atoms with Gasteiger partial charge in [-0.3, -0.25) is 14.4 Å². The molecule has 2 N–H and O–H groups in total. The largest absolute Gasteiger partial charge is 0.364 e. The van der Waals surface area contributed by atoms with Gasteiger partial charge in [0.1, 0.15) is 6.54 Å². The van der Waals surface area contributed by atoms with Gasteiger partial charge in [-0.25, -0.2) is 14.6 Å². The van der Waals surface area contributed by atoms with Gasteiger partial charge in [-0.1, -0.05) is 18.2 Å². The molecule has 4 rings (SSSR count). The Kier molecular flexibility index (Phi) is 4.90. The molecule has 3 aromatic rings. The lowest BCUT2D eigenvalue weighted by atomic mass is 10.1. The van der Waals surface area contributed by atoms with E-state index in [9.17, 15) is 14.4 Å². The van der Waals surface area contributed by atoms with Gasteiger partial charge in [0.15, 0.2) is 5.69 Å². The number of amides is 2. The maximum absolute atomic E-state index is 12.7. The van der Waals surface area contributed by atoms with Gasteiger partial charge in [-0.05, 0) is 12.1 Å². The molecule has 148 valence electrons. The quantitative estimate of drug-likeness (QED) is 0.641.